The number of ether oxygens (including phenoxy) is 1. The first-order valence-electron chi connectivity index (χ1n) is 6.67. The average molecular weight is 278 g/mol. The van der Waals surface area contributed by atoms with E-state index in [2.05, 4.69) is 10.3 Å². The van der Waals surface area contributed by atoms with Gasteiger partial charge in [0.1, 0.15) is 0 Å². The van der Waals surface area contributed by atoms with Crippen LogP contribution in [0.4, 0.5) is 0 Å². The maximum absolute atomic E-state index is 12.0. The Bertz CT molecular complexity index is 544. The molecule has 0 aliphatic heterocycles. The van der Waals surface area contributed by atoms with E-state index in [0.717, 1.165) is 12.8 Å². The topological polar surface area (TPSA) is 88.3 Å². The van der Waals surface area contributed by atoms with Gasteiger partial charge in [-0.25, -0.2) is 0 Å². The molecule has 2 N–H and O–H groups in total. The van der Waals surface area contributed by atoms with E-state index in [1.807, 2.05) is 0 Å². The van der Waals surface area contributed by atoms with Crippen LogP contribution in [0.2, 0.25) is 0 Å². The number of H-pyrrole nitrogens is 1. The van der Waals surface area contributed by atoms with E-state index in [1.54, 1.807) is 6.07 Å². The molecule has 108 valence electrons. The van der Waals surface area contributed by atoms with Crippen LogP contribution in [-0.2, 0) is 9.53 Å². The van der Waals surface area contributed by atoms with Gasteiger partial charge in [0.15, 0.2) is 0 Å². The third kappa shape index (κ3) is 3.46. The first-order chi connectivity index (χ1) is 9.60. The normalized spacial score (nSPS) is 22.1. The van der Waals surface area contributed by atoms with Crippen molar-refractivity contribution < 1.29 is 14.3 Å². The summed E-state index contributed by atoms with van der Waals surface area (Å²) in [6.07, 6.45) is 4.37. The van der Waals surface area contributed by atoms with Crippen molar-refractivity contribution in [1.82, 2.24) is 10.3 Å². The summed E-state index contributed by atoms with van der Waals surface area (Å²) < 4.78 is 4.72. The van der Waals surface area contributed by atoms with Gasteiger partial charge in [-0.05, 0) is 31.7 Å². The van der Waals surface area contributed by atoms with Crippen LogP contribution >= 0.6 is 0 Å². The molecule has 0 atom stereocenters. The Labute approximate surface area is 116 Å². The van der Waals surface area contributed by atoms with Gasteiger partial charge in [0.2, 0.25) is 5.56 Å². The van der Waals surface area contributed by atoms with Crippen LogP contribution < -0.4 is 10.9 Å². The van der Waals surface area contributed by atoms with Crippen molar-refractivity contribution in [3.63, 3.8) is 0 Å². The third-order valence-electron chi connectivity index (χ3n) is 3.63. The predicted octanol–water partition coefficient (Wildman–Crippen LogP) is 0.836. The second-order valence-corrected chi connectivity index (χ2v) is 4.99. The minimum absolute atomic E-state index is 0.0442. The van der Waals surface area contributed by atoms with E-state index in [4.69, 9.17) is 4.74 Å². The molecule has 0 unspecified atom stereocenters. The van der Waals surface area contributed by atoms with E-state index < -0.39 is 0 Å². The molecule has 1 heterocycles. The summed E-state index contributed by atoms with van der Waals surface area (Å²) in [4.78, 5) is 37.0. The number of rotatable bonds is 3. The number of carbonyl (C=O) groups excluding carboxylic acids is 2. The summed E-state index contributed by atoms with van der Waals surface area (Å²) in [6, 6.07) is 2.88. The van der Waals surface area contributed by atoms with E-state index in [1.165, 1.54) is 19.4 Å². The zero-order valence-corrected chi connectivity index (χ0v) is 11.3. The van der Waals surface area contributed by atoms with Crippen LogP contribution in [0, 0.1) is 5.92 Å². The summed E-state index contributed by atoms with van der Waals surface area (Å²) in [6.45, 7) is 0. The van der Waals surface area contributed by atoms with Crippen LogP contribution in [0.1, 0.15) is 36.0 Å². The number of carbonyl (C=O) groups is 2. The highest BCUT2D eigenvalue weighted by atomic mass is 16.5. The lowest BCUT2D eigenvalue weighted by Crippen LogP contribution is -2.39. The van der Waals surface area contributed by atoms with E-state index >= 15 is 0 Å². The molecule has 0 radical (unpaired) electrons. The van der Waals surface area contributed by atoms with Crippen LogP contribution in [0.5, 0.6) is 0 Å². The SMILES string of the molecule is COC(=O)C1CCC(NC(=O)c2cc[nH]c(=O)c2)CC1. The number of nitrogens with one attached hydrogen (secondary N) is 2. The fraction of sp³-hybridized carbons (Fsp3) is 0.500. The van der Waals surface area contributed by atoms with Crippen LogP contribution in [0.15, 0.2) is 23.1 Å². The van der Waals surface area contributed by atoms with Crippen molar-refractivity contribution >= 4 is 11.9 Å². The van der Waals surface area contributed by atoms with Gasteiger partial charge in [-0.3, -0.25) is 14.4 Å². The summed E-state index contributed by atoms with van der Waals surface area (Å²) in [5.41, 5.74) is 0.0518. The Hall–Kier alpha value is -2.11. The molecular weight excluding hydrogens is 260 g/mol. The van der Waals surface area contributed by atoms with Gasteiger partial charge in [-0.2, -0.15) is 0 Å². The Kier molecular flexibility index (Phi) is 4.55. The summed E-state index contributed by atoms with van der Waals surface area (Å²) in [7, 11) is 1.39. The van der Waals surface area contributed by atoms with Crippen LogP contribution in [0.25, 0.3) is 0 Å². The van der Waals surface area contributed by atoms with Gasteiger partial charge >= 0.3 is 5.97 Å². The molecule has 6 heteroatoms. The van der Waals surface area contributed by atoms with Gasteiger partial charge in [-0.1, -0.05) is 0 Å². The molecule has 6 nitrogen and oxygen atoms in total. The maximum atomic E-state index is 12.0. The van der Waals surface area contributed by atoms with Gasteiger partial charge in [0, 0.05) is 23.9 Å². The number of pyridine rings is 1. The first-order valence-corrected chi connectivity index (χ1v) is 6.67. The maximum Gasteiger partial charge on any atom is 0.308 e. The second-order valence-electron chi connectivity index (χ2n) is 4.99. The Morgan fingerprint density at radius 3 is 2.60 bits per heavy atom. The van der Waals surface area contributed by atoms with E-state index in [0.29, 0.717) is 18.4 Å². The second kappa shape index (κ2) is 6.36. The zero-order valence-electron chi connectivity index (χ0n) is 11.3. The van der Waals surface area contributed by atoms with E-state index in [9.17, 15) is 14.4 Å². The number of hydrogen-bond acceptors (Lipinski definition) is 4. The molecule has 2 rings (SSSR count). The molecule has 1 aromatic rings. The molecule has 0 aromatic carbocycles. The third-order valence-corrected chi connectivity index (χ3v) is 3.63. The van der Waals surface area contributed by atoms with Gasteiger partial charge in [0.05, 0.1) is 13.0 Å². The number of hydrogen-bond donors (Lipinski definition) is 2. The van der Waals surface area contributed by atoms with Crippen molar-refractivity contribution in [2.75, 3.05) is 7.11 Å². The molecular formula is C14H18N2O4. The van der Waals surface area contributed by atoms with E-state index in [-0.39, 0.29) is 29.4 Å². The highest BCUT2D eigenvalue weighted by Crippen LogP contribution is 2.25. The molecule has 1 amide bonds. The number of aromatic amines is 1. The molecule has 20 heavy (non-hydrogen) atoms. The van der Waals surface area contributed by atoms with Gasteiger partial charge in [-0.15, -0.1) is 0 Å². The van der Waals surface area contributed by atoms with Gasteiger partial charge < -0.3 is 15.0 Å². The van der Waals surface area contributed by atoms with Crippen molar-refractivity contribution in [1.29, 1.82) is 0 Å². The molecule has 1 aliphatic carbocycles. The number of amides is 1. The molecule has 1 aliphatic rings. The fourth-order valence-corrected chi connectivity index (χ4v) is 2.49. The van der Waals surface area contributed by atoms with Gasteiger partial charge in [0.25, 0.3) is 5.91 Å². The molecule has 0 saturated heterocycles. The monoisotopic (exact) mass is 278 g/mol. The predicted molar refractivity (Wildman–Crippen MR) is 72.3 cm³/mol. The highest BCUT2D eigenvalue weighted by Gasteiger charge is 2.27. The summed E-state index contributed by atoms with van der Waals surface area (Å²) in [5, 5.41) is 2.90. The standard InChI is InChI=1S/C14H18N2O4/c1-20-14(19)9-2-4-11(5-3-9)16-13(18)10-6-7-15-12(17)8-10/h6-9,11H,2-5H2,1H3,(H,15,17)(H,16,18). The zero-order chi connectivity index (χ0) is 14.5. The smallest absolute Gasteiger partial charge is 0.308 e. The van der Waals surface area contributed by atoms with Crippen molar-refractivity contribution in [3.05, 3.63) is 34.2 Å². The Morgan fingerprint density at radius 2 is 2.00 bits per heavy atom. The average Bonchev–Trinajstić information content (AvgIpc) is 2.47. The summed E-state index contributed by atoms with van der Waals surface area (Å²) in [5.74, 6) is -0.491. The Morgan fingerprint density at radius 1 is 1.30 bits per heavy atom. The highest BCUT2D eigenvalue weighted by molar-refractivity contribution is 5.94. The summed E-state index contributed by atoms with van der Waals surface area (Å²) >= 11 is 0. The largest absolute Gasteiger partial charge is 0.469 e. The minimum atomic E-state index is -0.299. The van der Waals surface area contributed by atoms with Crippen LogP contribution in [0.3, 0.4) is 0 Å². The number of aromatic nitrogens is 1. The lowest BCUT2D eigenvalue weighted by Gasteiger charge is -2.27. The number of methoxy groups -OCH3 is 1. The molecule has 1 fully saturated rings. The Balaban J connectivity index is 1.88. The quantitative estimate of drug-likeness (QED) is 0.802. The number of esters is 1. The molecule has 1 saturated carbocycles. The van der Waals surface area contributed by atoms with Crippen molar-refractivity contribution in [2.45, 2.75) is 31.7 Å². The fourth-order valence-electron chi connectivity index (χ4n) is 2.49. The lowest BCUT2D eigenvalue weighted by molar-refractivity contribution is -0.146. The molecule has 1 aromatic heterocycles. The molecule has 0 bridgehead atoms. The molecule has 0 spiro atoms. The minimum Gasteiger partial charge on any atom is -0.469 e. The van der Waals surface area contributed by atoms with Crippen LogP contribution in [-0.4, -0.2) is 30.0 Å². The lowest BCUT2D eigenvalue weighted by atomic mass is 9.86. The first kappa shape index (κ1) is 14.3. The van der Waals surface area contributed by atoms with Crippen molar-refractivity contribution in [3.8, 4) is 0 Å². The van der Waals surface area contributed by atoms with Crippen molar-refractivity contribution in [2.24, 2.45) is 5.92 Å².